The van der Waals surface area contributed by atoms with E-state index in [-0.39, 0.29) is 12.5 Å². The van der Waals surface area contributed by atoms with Crippen molar-refractivity contribution >= 4 is 33.0 Å². The van der Waals surface area contributed by atoms with Crippen LogP contribution in [0.2, 0.25) is 0 Å². The normalized spacial score (nSPS) is 13.8. The monoisotopic (exact) mass is 390 g/mol. The van der Waals surface area contributed by atoms with Crippen LogP contribution >= 0.6 is 11.3 Å². The Morgan fingerprint density at radius 2 is 1.86 bits per heavy atom. The van der Waals surface area contributed by atoms with Crippen molar-refractivity contribution in [3.63, 3.8) is 0 Å². The Balaban J connectivity index is 1.44. The highest BCUT2D eigenvalue weighted by Crippen LogP contribution is 2.36. The second kappa shape index (κ2) is 8.45. The molecule has 1 heterocycles. The van der Waals surface area contributed by atoms with Crippen LogP contribution in [0.3, 0.4) is 0 Å². The quantitative estimate of drug-likeness (QED) is 0.644. The largest absolute Gasteiger partial charge is 0.484 e. The number of rotatable bonds is 4. The Hall–Kier alpha value is -2.84. The number of anilines is 1. The summed E-state index contributed by atoms with van der Waals surface area (Å²) < 4.78 is 5.67. The predicted molar refractivity (Wildman–Crippen MR) is 113 cm³/mol. The van der Waals surface area contributed by atoms with Gasteiger partial charge in [0.25, 0.3) is 5.91 Å². The average Bonchev–Trinajstić information content (AvgIpc) is 3.01. The van der Waals surface area contributed by atoms with Gasteiger partial charge in [-0.2, -0.15) is 5.26 Å². The molecule has 4 rings (SSSR count). The van der Waals surface area contributed by atoms with E-state index in [2.05, 4.69) is 11.4 Å². The second-order valence-electron chi connectivity index (χ2n) is 7.08. The molecule has 0 aliphatic heterocycles. The molecule has 0 atom stereocenters. The number of thiophene rings is 1. The zero-order valence-electron chi connectivity index (χ0n) is 15.7. The van der Waals surface area contributed by atoms with Crippen molar-refractivity contribution in [2.45, 2.75) is 38.5 Å². The van der Waals surface area contributed by atoms with Gasteiger partial charge >= 0.3 is 0 Å². The van der Waals surface area contributed by atoms with Crippen molar-refractivity contribution in [1.82, 2.24) is 0 Å². The first-order valence-corrected chi connectivity index (χ1v) is 10.5. The molecular weight excluding hydrogens is 368 g/mol. The highest BCUT2D eigenvalue weighted by molar-refractivity contribution is 7.16. The van der Waals surface area contributed by atoms with Gasteiger partial charge in [-0.05, 0) is 54.2 Å². The van der Waals surface area contributed by atoms with Crippen molar-refractivity contribution in [3.8, 4) is 11.8 Å². The zero-order valence-corrected chi connectivity index (χ0v) is 16.5. The van der Waals surface area contributed by atoms with Gasteiger partial charge in [0.1, 0.15) is 16.8 Å². The molecule has 28 heavy (non-hydrogen) atoms. The minimum atomic E-state index is -0.237. The third-order valence-electron chi connectivity index (χ3n) is 5.13. The van der Waals surface area contributed by atoms with E-state index >= 15 is 0 Å². The van der Waals surface area contributed by atoms with Crippen LogP contribution in [0.5, 0.6) is 5.75 Å². The minimum Gasteiger partial charge on any atom is -0.484 e. The van der Waals surface area contributed by atoms with Crippen LogP contribution in [-0.4, -0.2) is 12.5 Å². The molecule has 1 aromatic heterocycles. The van der Waals surface area contributed by atoms with Crippen LogP contribution in [0.1, 0.15) is 41.7 Å². The average molecular weight is 391 g/mol. The number of aryl methyl sites for hydroxylation is 1. The van der Waals surface area contributed by atoms with E-state index in [0.717, 1.165) is 42.0 Å². The first-order chi connectivity index (χ1) is 13.7. The lowest BCUT2D eigenvalue weighted by Crippen LogP contribution is -2.20. The molecular formula is C23H22N2O2S. The predicted octanol–water partition coefficient (Wildman–Crippen LogP) is 5.45. The first kappa shape index (κ1) is 18.5. The van der Waals surface area contributed by atoms with Crippen LogP contribution in [0, 0.1) is 11.3 Å². The summed E-state index contributed by atoms with van der Waals surface area (Å²) in [6.45, 7) is -0.0776. The van der Waals surface area contributed by atoms with Crippen molar-refractivity contribution in [2.24, 2.45) is 0 Å². The highest BCUT2D eigenvalue weighted by atomic mass is 32.1. The van der Waals surface area contributed by atoms with Crippen molar-refractivity contribution in [3.05, 3.63) is 58.5 Å². The molecule has 2 aromatic carbocycles. The van der Waals surface area contributed by atoms with Crippen LogP contribution in [0.4, 0.5) is 5.00 Å². The molecule has 4 nitrogen and oxygen atoms in total. The van der Waals surface area contributed by atoms with Gasteiger partial charge in [0.15, 0.2) is 6.61 Å². The van der Waals surface area contributed by atoms with E-state index in [4.69, 9.17) is 4.74 Å². The summed E-state index contributed by atoms with van der Waals surface area (Å²) in [4.78, 5) is 13.7. The van der Waals surface area contributed by atoms with Crippen molar-refractivity contribution < 1.29 is 9.53 Å². The molecule has 0 bridgehead atoms. The van der Waals surface area contributed by atoms with Gasteiger partial charge in [0.2, 0.25) is 0 Å². The Morgan fingerprint density at radius 3 is 2.68 bits per heavy atom. The van der Waals surface area contributed by atoms with Crippen LogP contribution in [0.15, 0.2) is 42.5 Å². The maximum absolute atomic E-state index is 12.4. The number of ether oxygens (including phenoxy) is 1. The fourth-order valence-corrected chi connectivity index (χ4v) is 4.95. The Bertz CT molecular complexity index is 1050. The van der Waals surface area contributed by atoms with Crippen LogP contribution < -0.4 is 10.1 Å². The number of nitriles is 1. The molecule has 0 spiro atoms. The number of carbonyl (C=O) groups excluding carboxylic acids is 1. The number of benzene rings is 2. The Morgan fingerprint density at radius 1 is 1.07 bits per heavy atom. The van der Waals surface area contributed by atoms with Gasteiger partial charge in [0, 0.05) is 4.88 Å². The highest BCUT2D eigenvalue weighted by Gasteiger charge is 2.20. The van der Waals surface area contributed by atoms with Crippen molar-refractivity contribution in [2.75, 3.05) is 11.9 Å². The summed E-state index contributed by atoms with van der Waals surface area (Å²) in [7, 11) is 0. The van der Waals surface area contributed by atoms with Gasteiger partial charge in [-0.3, -0.25) is 4.79 Å². The minimum absolute atomic E-state index is 0.0776. The molecule has 5 heteroatoms. The molecule has 1 amide bonds. The van der Waals surface area contributed by atoms with E-state index in [0.29, 0.717) is 16.3 Å². The third-order valence-corrected chi connectivity index (χ3v) is 6.33. The maximum Gasteiger partial charge on any atom is 0.262 e. The molecule has 1 aliphatic carbocycles. The van der Waals surface area contributed by atoms with Gasteiger partial charge in [-0.15, -0.1) is 11.3 Å². The number of amides is 1. The smallest absolute Gasteiger partial charge is 0.262 e. The summed E-state index contributed by atoms with van der Waals surface area (Å²) in [5.74, 6) is 0.423. The molecule has 0 saturated carbocycles. The van der Waals surface area contributed by atoms with Gasteiger partial charge < -0.3 is 10.1 Å². The zero-order chi connectivity index (χ0) is 19.3. The fraction of sp³-hybridized carbons (Fsp3) is 0.304. The lowest BCUT2D eigenvalue weighted by Gasteiger charge is -2.09. The topological polar surface area (TPSA) is 62.1 Å². The van der Waals surface area contributed by atoms with Gasteiger partial charge in [0.05, 0.1) is 5.56 Å². The number of nitrogens with one attached hydrogen (secondary N) is 1. The SMILES string of the molecule is N#Cc1c(NC(=O)COc2ccc3ccccc3c2)sc2c1CCCCCC2. The lowest BCUT2D eigenvalue weighted by atomic mass is 9.97. The van der Waals surface area contributed by atoms with Crippen LogP contribution in [-0.2, 0) is 17.6 Å². The Kier molecular flexibility index (Phi) is 5.59. The third kappa shape index (κ3) is 4.02. The number of nitrogens with zero attached hydrogens (tertiary/aromatic N) is 1. The summed E-state index contributed by atoms with van der Waals surface area (Å²) in [5.41, 5.74) is 1.78. The van der Waals surface area contributed by atoms with E-state index < -0.39 is 0 Å². The number of hydrogen-bond acceptors (Lipinski definition) is 4. The molecule has 1 aliphatic rings. The summed E-state index contributed by atoms with van der Waals surface area (Å²) >= 11 is 1.55. The number of carbonyl (C=O) groups is 1. The number of hydrogen-bond donors (Lipinski definition) is 1. The molecule has 0 saturated heterocycles. The fourth-order valence-electron chi connectivity index (χ4n) is 3.69. The maximum atomic E-state index is 12.4. The van der Waals surface area contributed by atoms with Gasteiger partial charge in [-0.25, -0.2) is 0 Å². The summed E-state index contributed by atoms with van der Waals surface area (Å²) in [6, 6.07) is 16.1. The molecule has 0 unspecified atom stereocenters. The molecule has 1 N–H and O–H groups in total. The molecule has 142 valence electrons. The Labute approximate surface area is 168 Å². The van der Waals surface area contributed by atoms with E-state index in [1.807, 2.05) is 42.5 Å². The van der Waals surface area contributed by atoms with Gasteiger partial charge in [-0.1, -0.05) is 43.2 Å². The summed E-state index contributed by atoms with van der Waals surface area (Å²) in [5, 5.41) is 15.4. The van der Waals surface area contributed by atoms with Crippen molar-refractivity contribution in [1.29, 1.82) is 5.26 Å². The van der Waals surface area contributed by atoms with E-state index in [9.17, 15) is 10.1 Å². The molecule has 3 aromatic rings. The molecule has 0 fully saturated rings. The second-order valence-corrected chi connectivity index (χ2v) is 8.18. The van der Waals surface area contributed by atoms with E-state index in [1.54, 1.807) is 11.3 Å². The first-order valence-electron chi connectivity index (χ1n) is 9.70. The standard InChI is InChI=1S/C23H22N2O2S/c24-14-20-19-9-3-1-2-4-10-21(19)28-23(20)25-22(26)15-27-18-12-11-16-7-5-6-8-17(16)13-18/h5-8,11-13H,1-4,9-10,15H2,(H,25,26). The lowest BCUT2D eigenvalue weighted by molar-refractivity contribution is -0.118. The van der Waals surface area contributed by atoms with E-state index in [1.165, 1.54) is 17.7 Å². The summed E-state index contributed by atoms with van der Waals surface area (Å²) in [6.07, 6.45) is 6.63. The van der Waals surface area contributed by atoms with Crippen LogP contribution in [0.25, 0.3) is 10.8 Å². The molecule has 0 radical (unpaired) electrons. The number of fused-ring (bicyclic) bond motifs is 2.